The molecule has 1 fully saturated rings. The van der Waals surface area contributed by atoms with E-state index in [4.69, 9.17) is 23.7 Å². The van der Waals surface area contributed by atoms with Crippen LogP contribution < -0.4 is 10.3 Å². The lowest BCUT2D eigenvalue weighted by Gasteiger charge is -2.43. The third-order valence-electron chi connectivity index (χ3n) is 5.16. The first kappa shape index (κ1) is 25.2. The van der Waals surface area contributed by atoms with Crippen LogP contribution in [0.3, 0.4) is 0 Å². The van der Waals surface area contributed by atoms with E-state index in [0.717, 1.165) is 6.42 Å². The second kappa shape index (κ2) is 10.6. The smallest absolute Gasteiger partial charge is 0.303 e. The van der Waals surface area contributed by atoms with Gasteiger partial charge in [0, 0.05) is 38.7 Å². The highest BCUT2D eigenvalue weighted by atomic mass is 16.7. The number of esters is 3. The van der Waals surface area contributed by atoms with Gasteiger partial charge in [0.1, 0.15) is 0 Å². The maximum absolute atomic E-state index is 12.8. The first-order valence-electron chi connectivity index (χ1n) is 10.9. The topological polar surface area (TPSA) is 132 Å². The van der Waals surface area contributed by atoms with E-state index in [0.29, 0.717) is 12.0 Å². The van der Waals surface area contributed by atoms with Crippen molar-refractivity contribution in [1.82, 2.24) is 9.38 Å². The van der Waals surface area contributed by atoms with Crippen LogP contribution in [0.15, 0.2) is 29.3 Å². The van der Waals surface area contributed by atoms with Crippen LogP contribution in [0.5, 0.6) is 5.75 Å². The van der Waals surface area contributed by atoms with Crippen molar-refractivity contribution in [1.29, 1.82) is 0 Å². The summed E-state index contributed by atoms with van der Waals surface area (Å²) in [6.07, 6.45) is -1.11. The fraction of sp³-hybridized carbons (Fsp3) is 0.522. The van der Waals surface area contributed by atoms with Crippen LogP contribution in [0, 0.1) is 0 Å². The van der Waals surface area contributed by atoms with Gasteiger partial charge in [0.2, 0.25) is 12.4 Å². The summed E-state index contributed by atoms with van der Waals surface area (Å²) in [7, 11) is 0. The molecule has 0 spiro atoms. The summed E-state index contributed by atoms with van der Waals surface area (Å²) in [5.74, 6) is -1.80. The molecule has 2 unspecified atom stereocenters. The van der Waals surface area contributed by atoms with E-state index in [2.05, 4.69) is 4.98 Å². The number of pyridine rings is 1. The zero-order valence-electron chi connectivity index (χ0n) is 19.7. The molecule has 0 amide bonds. The summed E-state index contributed by atoms with van der Waals surface area (Å²) in [5, 5.41) is 0. The summed E-state index contributed by atoms with van der Waals surface area (Å²) < 4.78 is 29.3. The Morgan fingerprint density at radius 3 is 2.26 bits per heavy atom. The highest BCUT2D eigenvalue weighted by Gasteiger charge is 2.51. The van der Waals surface area contributed by atoms with Crippen molar-refractivity contribution in [2.75, 3.05) is 0 Å². The minimum absolute atomic E-state index is 0.185. The van der Waals surface area contributed by atoms with Crippen molar-refractivity contribution in [2.24, 2.45) is 0 Å². The van der Waals surface area contributed by atoms with Gasteiger partial charge in [0.15, 0.2) is 23.6 Å². The first-order valence-corrected chi connectivity index (χ1v) is 10.9. The lowest BCUT2D eigenvalue weighted by atomic mass is 9.99. The molecule has 11 nitrogen and oxygen atoms in total. The quantitative estimate of drug-likeness (QED) is 0.428. The van der Waals surface area contributed by atoms with Gasteiger partial charge in [0.05, 0.1) is 6.10 Å². The molecule has 0 aromatic carbocycles. The normalized spacial score (nSPS) is 24.3. The van der Waals surface area contributed by atoms with Gasteiger partial charge in [-0.2, -0.15) is 0 Å². The highest BCUT2D eigenvalue weighted by Crippen LogP contribution is 2.31. The third kappa shape index (κ3) is 5.53. The van der Waals surface area contributed by atoms with E-state index in [9.17, 15) is 19.2 Å². The number of fused-ring (bicyclic) bond motifs is 1. The van der Waals surface area contributed by atoms with Crippen molar-refractivity contribution >= 4 is 23.6 Å². The van der Waals surface area contributed by atoms with Gasteiger partial charge in [-0.25, -0.2) is 4.98 Å². The Hall–Kier alpha value is -3.47. The molecule has 0 saturated carbocycles. The molecule has 5 atom stereocenters. The fourth-order valence-corrected chi connectivity index (χ4v) is 3.84. The van der Waals surface area contributed by atoms with E-state index >= 15 is 0 Å². The highest BCUT2D eigenvalue weighted by molar-refractivity contribution is 5.68. The Labute approximate surface area is 195 Å². The molecule has 3 rings (SSSR count). The van der Waals surface area contributed by atoms with Crippen molar-refractivity contribution < 1.29 is 38.1 Å². The summed E-state index contributed by atoms with van der Waals surface area (Å²) >= 11 is 0. The number of hydrogen-bond donors (Lipinski definition) is 0. The SMILES string of the molecule is CCCc1cnc2c(O[C@@H]3OC(C)[C@@H](OC(C)=O)[C@H](OC(C)=O)C3OC(C)=O)cccn2c1=O. The predicted octanol–water partition coefficient (Wildman–Crippen LogP) is 1.57. The molecule has 1 aliphatic rings. The van der Waals surface area contributed by atoms with Gasteiger partial charge >= 0.3 is 17.9 Å². The number of rotatable bonds is 7. The second-order valence-electron chi connectivity index (χ2n) is 7.95. The monoisotopic (exact) mass is 476 g/mol. The molecule has 1 aliphatic heterocycles. The molecule has 184 valence electrons. The van der Waals surface area contributed by atoms with E-state index < -0.39 is 48.6 Å². The van der Waals surface area contributed by atoms with Gasteiger partial charge < -0.3 is 23.7 Å². The number of nitrogens with zero attached hydrogens (tertiary/aromatic N) is 2. The third-order valence-corrected chi connectivity index (χ3v) is 5.16. The molecule has 11 heteroatoms. The maximum Gasteiger partial charge on any atom is 0.303 e. The molecule has 0 radical (unpaired) electrons. The number of ether oxygens (including phenoxy) is 5. The van der Waals surface area contributed by atoms with Gasteiger partial charge in [-0.3, -0.25) is 23.6 Å². The summed E-state index contributed by atoms with van der Waals surface area (Å²) in [5.41, 5.74) is 0.576. The Morgan fingerprint density at radius 1 is 1.03 bits per heavy atom. The van der Waals surface area contributed by atoms with Crippen molar-refractivity contribution in [2.45, 2.75) is 78.2 Å². The van der Waals surface area contributed by atoms with Crippen LogP contribution in [0.4, 0.5) is 0 Å². The average Bonchev–Trinajstić information content (AvgIpc) is 2.75. The van der Waals surface area contributed by atoms with Crippen molar-refractivity contribution in [3.05, 3.63) is 40.4 Å². The van der Waals surface area contributed by atoms with Crippen LogP contribution in [0.25, 0.3) is 5.65 Å². The molecule has 0 N–H and O–H groups in total. The van der Waals surface area contributed by atoms with Gasteiger partial charge in [-0.1, -0.05) is 13.3 Å². The standard InChI is InChI=1S/C23H28N2O9/c1-6-8-16-11-24-21-17(9-7-10-25(21)22(16)29)34-23-20(33-15(5)28)19(32-14(4)27)18(12(2)30-23)31-13(3)26/h7,9-12,18-20,23H,6,8H2,1-5H3/t12?,18-,19+,20?,23+/m1/s1. The van der Waals surface area contributed by atoms with E-state index in [1.807, 2.05) is 6.92 Å². The summed E-state index contributed by atoms with van der Waals surface area (Å²) in [4.78, 5) is 52.5. The number of hydrogen-bond acceptors (Lipinski definition) is 10. The number of aromatic nitrogens is 2. The van der Waals surface area contributed by atoms with Gasteiger partial charge in [-0.15, -0.1) is 0 Å². The molecule has 2 aromatic heterocycles. The van der Waals surface area contributed by atoms with Crippen molar-refractivity contribution in [3.63, 3.8) is 0 Å². The lowest BCUT2D eigenvalue weighted by Crippen LogP contribution is -2.62. The molecule has 1 saturated heterocycles. The number of carbonyl (C=O) groups excluding carboxylic acids is 3. The molecule has 34 heavy (non-hydrogen) atoms. The molecular weight excluding hydrogens is 448 g/mol. The van der Waals surface area contributed by atoms with Crippen LogP contribution in [-0.4, -0.2) is 58.0 Å². The zero-order chi connectivity index (χ0) is 25.0. The van der Waals surface area contributed by atoms with Gasteiger partial charge in [0.25, 0.3) is 5.56 Å². The Kier molecular flexibility index (Phi) is 7.87. The van der Waals surface area contributed by atoms with E-state index in [1.54, 1.807) is 25.3 Å². The molecule has 3 heterocycles. The Balaban J connectivity index is 2.02. The molecule has 0 bridgehead atoms. The minimum atomic E-state index is -1.27. The number of carbonyl (C=O) groups is 3. The lowest BCUT2D eigenvalue weighted by molar-refractivity contribution is -0.280. The minimum Gasteiger partial charge on any atom is -0.457 e. The van der Waals surface area contributed by atoms with Gasteiger partial charge in [-0.05, 0) is 25.5 Å². The van der Waals surface area contributed by atoms with Crippen LogP contribution in [0.1, 0.15) is 46.6 Å². The van der Waals surface area contributed by atoms with E-state index in [1.165, 1.54) is 31.4 Å². The summed E-state index contributed by atoms with van der Waals surface area (Å²) in [6.45, 7) is 7.13. The molecule has 0 aliphatic carbocycles. The summed E-state index contributed by atoms with van der Waals surface area (Å²) in [6, 6.07) is 3.19. The average molecular weight is 476 g/mol. The van der Waals surface area contributed by atoms with Crippen LogP contribution in [-0.2, 0) is 39.8 Å². The van der Waals surface area contributed by atoms with Crippen LogP contribution >= 0.6 is 0 Å². The zero-order valence-corrected chi connectivity index (χ0v) is 19.7. The van der Waals surface area contributed by atoms with Crippen LogP contribution in [0.2, 0.25) is 0 Å². The van der Waals surface area contributed by atoms with Crippen molar-refractivity contribution in [3.8, 4) is 5.75 Å². The largest absolute Gasteiger partial charge is 0.457 e. The Morgan fingerprint density at radius 2 is 1.65 bits per heavy atom. The molecule has 2 aromatic rings. The second-order valence-corrected chi connectivity index (χ2v) is 7.95. The van der Waals surface area contributed by atoms with E-state index in [-0.39, 0.29) is 17.0 Å². The molecular formula is C23H28N2O9. The maximum atomic E-state index is 12.8. The predicted molar refractivity (Wildman–Crippen MR) is 117 cm³/mol. The number of aryl methyl sites for hydroxylation is 1. The Bertz CT molecular complexity index is 1130. The fourth-order valence-electron chi connectivity index (χ4n) is 3.84. The first-order chi connectivity index (χ1) is 16.1.